The molecule has 2 unspecified atom stereocenters. The molecule has 0 aliphatic carbocycles. The van der Waals surface area contributed by atoms with Crippen LogP contribution in [0.15, 0.2) is 24.3 Å². The topological polar surface area (TPSA) is 20.3 Å². The van der Waals surface area contributed by atoms with Crippen LogP contribution >= 0.6 is 0 Å². The number of piperidine rings is 1. The van der Waals surface area contributed by atoms with E-state index in [0.29, 0.717) is 5.92 Å². The number of nitrogens with zero attached hydrogens (tertiary/aromatic N) is 1. The average Bonchev–Trinajstić information content (AvgIpc) is 2.55. The van der Waals surface area contributed by atoms with Crippen LogP contribution in [-0.4, -0.2) is 30.8 Å². The van der Waals surface area contributed by atoms with Crippen LogP contribution in [-0.2, 0) is 5.41 Å². The summed E-state index contributed by atoms with van der Waals surface area (Å²) >= 11 is 0. The maximum Gasteiger partial charge on any atom is 0.150 e. The second-order valence-corrected chi connectivity index (χ2v) is 7.17. The molecule has 2 rings (SSSR count). The van der Waals surface area contributed by atoms with Gasteiger partial charge < -0.3 is 4.90 Å². The van der Waals surface area contributed by atoms with Gasteiger partial charge in [-0.05, 0) is 48.9 Å². The summed E-state index contributed by atoms with van der Waals surface area (Å²) in [6.45, 7) is 10.6. The minimum Gasteiger partial charge on any atom is -0.303 e. The van der Waals surface area contributed by atoms with Gasteiger partial charge >= 0.3 is 0 Å². The maximum atomic E-state index is 11.0. The van der Waals surface area contributed by atoms with Crippen molar-refractivity contribution in [3.05, 3.63) is 35.4 Å². The summed E-state index contributed by atoms with van der Waals surface area (Å²) in [6, 6.07) is 8.20. The van der Waals surface area contributed by atoms with Crippen molar-refractivity contribution in [2.75, 3.05) is 19.6 Å². The van der Waals surface area contributed by atoms with E-state index in [9.17, 15) is 4.79 Å². The molecule has 2 atom stereocenters. The lowest BCUT2D eigenvalue weighted by Crippen LogP contribution is -2.47. The number of likely N-dealkylation sites (tertiary alicyclic amines) is 1. The smallest absolute Gasteiger partial charge is 0.150 e. The van der Waals surface area contributed by atoms with Crippen LogP contribution in [0.2, 0.25) is 0 Å². The lowest BCUT2D eigenvalue weighted by atomic mass is 9.68. The van der Waals surface area contributed by atoms with Gasteiger partial charge in [0.2, 0.25) is 0 Å². The van der Waals surface area contributed by atoms with Gasteiger partial charge in [-0.15, -0.1) is 0 Å². The summed E-state index contributed by atoms with van der Waals surface area (Å²) in [5, 5.41) is 0. The predicted molar refractivity (Wildman–Crippen MR) is 93.5 cm³/mol. The Morgan fingerprint density at radius 1 is 1.32 bits per heavy atom. The molecule has 0 amide bonds. The Morgan fingerprint density at radius 3 is 2.82 bits per heavy atom. The molecule has 0 aromatic heterocycles. The first-order chi connectivity index (χ1) is 10.6. The van der Waals surface area contributed by atoms with Crippen molar-refractivity contribution in [2.45, 2.75) is 58.3 Å². The fourth-order valence-corrected chi connectivity index (χ4v) is 3.68. The molecular formula is C20H31NO. The highest BCUT2D eigenvalue weighted by molar-refractivity contribution is 5.75. The number of hydrogen-bond acceptors (Lipinski definition) is 2. The average molecular weight is 301 g/mol. The molecule has 0 saturated carbocycles. The lowest BCUT2D eigenvalue weighted by molar-refractivity contribution is 0.109. The summed E-state index contributed by atoms with van der Waals surface area (Å²) in [7, 11) is 0. The third-order valence-corrected chi connectivity index (χ3v) is 5.58. The summed E-state index contributed by atoms with van der Waals surface area (Å²) < 4.78 is 0. The van der Waals surface area contributed by atoms with Gasteiger partial charge in [0, 0.05) is 12.1 Å². The van der Waals surface area contributed by atoms with Crippen LogP contribution in [0.1, 0.15) is 68.8 Å². The Labute approximate surface area is 135 Å². The van der Waals surface area contributed by atoms with Crippen LogP contribution in [0.5, 0.6) is 0 Å². The third kappa shape index (κ3) is 3.98. The molecule has 1 heterocycles. The van der Waals surface area contributed by atoms with Crippen molar-refractivity contribution in [3.8, 4) is 0 Å². The van der Waals surface area contributed by atoms with Crippen molar-refractivity contribution in [1.29, 1.82) is 0 Å². The molecule has 1 aliphatic rings. The second-order valence-electron chi connectivity index (χ2n) is 7.17. The Bertz CT molecular complexity index is 484. The lowest BCUT2D eigenvalue weighted by Gasteiger charge is -2.45. The number of aldehydes is 1. The van der Waals surface area contributed by atoms with Crippen molar-refractivity contribution in [3.63, 3.8) is 0 Å². The fraction of sp³-hybridized carbons (Fsp3) is 0.650. The minimum absolute atomic E-state index is 0.193. The van der Waals surface area contributed by atoms with Crippen molar-refractivity contribution in [2.24, 2.45) is 5.92 Å². The highest BCUT2D eigenvalue weighted by atomic mass is 16.1. The Morgan fingerprint density at radius 2 is 2.14 bits per heavy atom. The Hall–Kier alpha value is -1.15. The number of unbranched alkanes of at least 4 members (excludes halogenated alkanes) is 3. The summed E-state index contributed by atoms with van der Waals surface area (Å²) in [6.07, 6.45) is 7.50. The van der Waals surface area contributed by atoms with E-state index in [0.717, 1.165) is 11.8 Å². The second kappa shape index (κ2) is 7.92. The van der Waals surface area contributed by atoms with E-state index in [2.05, 4.69) is 37.8 Å². The van der Waals surface area contributed by atoms with Crippen LogP contribution in [0, 0.1) is 5.92 Å². The molecule has 122 valence electrons. The monoisotopic (exact) mass is 301 g/mol. The normalized spacial score (nSPS) is 26.0. The molecule has 2 nitrogen and oxygen atoms in total. The molecule has 1 aromatic carbocycles. The molecule has 1 aromatic rings. The Kier molecular flexibility index (Phi) is 6.19. The summed E-state index contributed by atoms with van der Waals surface area (Å²) in [5.41, 5.74) is 2.32. The first-order valence-electron chi connectivity index (χ1n) is 8.88. The third-order valence-electron chi connectivity index (χ3n) is 5.58. The molecule has 22 heavy (non-hydrogen) atoms. The molecule has 1 fully saturated rings. The van der Waals surface area contributed by atoms with E-state index in [1.54, 1.807) is 0 Å². The van der Waals surface area contributed by atoms with Gasteiger partial charge in [-0.2, -0.15) is 0 Å². The SMILES string of the molecule is CCCCCCN1CCC(C)(c2cccc(C=O)c2)C(C)C1. The molecule has 0 bridgehead atoms. The van der Waals surface area contributed by atoms with Gasteiger partial charge in [-0.1, -0.05) is 58.2 Å². The largest absolute Gasteiger partial charge is 0.303 e. The number of rotatable bonds is 7. The highest BCUT2D eigenvalue weighted by Gasteiger charge is 2.37. The zero-order chi connectivity index (χ0) is 16.0. The van der Waals surface area contributed by atoms with Crippen LogP contribution in [0.25, 0.3) is 0 Å². The highest BCUT2D eigenvalue weighted by Crippen LogP contribution is 2.39. The molecule has 1 aliphatic heterocycles. The van der Waals surface area contributed by atoms with Gasteiger partial charge in [0.1, 0.15) is 6.29 Å². The van der Waals surface area contributed by atoms with Gasteiger partial charge in [0.05, 0.1) is 0 Å². The van der Waals surface area contributed by atoms with E-state index >= 15 is 0 Å². The number of carbonyl (C=O) groups excluding carboxylic acids is 1. The number of carbonyl (C=O) groups is 1. The van der Waals surface area contributed by atoms with Gasteiger partial charge in [-0.25, -0.2) is 0 Å². The quantitative estimate of drug-likeness (QED) is 0.538. The zero-order valence-electron chi connectivity index (χ0n) is 14.5. The van der Waals surface area contributed by atoms with Crippen LogP contribution in [0.4, 0.5) is 0 Å². The summed E-state index contributed by atoms with van der Waals surface area (Å²) in [5.74, 6) is 0.620. The number of hydrogen-bond donors (Lipinski definition) is 0. The van der Waals surface area contributed by atoms with Crippen molar-refractivity contribution >= 4 is 6.29 Å². The molecule has 2 heteroatoms. The van der Waals surface area contributed by atoms with E-state index in [-0.39, 0.29) is 5.41 Å². The van der Waals surface area contributed by atoms with Gasteiger partial charge in [0.15, 0.2) is 0 Å². The first-order valence-corrected chi connectivity index (χ1v) is 8.88. The van der Waals surface area contributed by atoms with E-state index in [1.165, 1.54) is 57.3 Å². The first kappa shape index (κ1) is 17.2. The molecule has 0 radical (unpaired) electrons. The maximum absolute atomic E-state index is 11.0. The predicted octanol–water partition coefficient (Wildman–Crippen LogP) is 4.68. The van der Waals surface area contributed by atoms with Crippen LogP contribution < -0.4 is 0 Å². The standard InChI is InChI=1S/C20H31NO/c1-4-5-6-7-12-21-13-11-20(3,17(2)15-21)19-10-8-9-18(14-19)16-22/h8-10,14,16-17H,4-7,11-13,15H2,1-3H3. The zero-order valence-corrected chi connectivity index (χ0v) is 14.5. The van der Waals surface area contributed by atoms with Crippen LogP contribution in [0.3, 0.4) is 0 Å². The minimum atomic E-state index is 0.193. The molecule has 1 saturated heterocycles. The fourth-order valence-electron chi connectivity index (χ4n) is 3.68. The van der Waals surface area contributed by atoms with E-state index in [1.807, 2.05) is 12.1 Å². The number of benzene rings is 1. The van der Waals surface area contributed by atoms with Gasteiger partial charge in [-0.3, -0.25) is 4.79 Å². The Balaban J connectivity index is 1.97. The van der Waals surface area contributed by atoms with Crippen molar-refractivity contribution in [1.82, 2.24) is 4.90 Å². The van der Waals surface area contributed by atoms with Crippen molar-refractivity contribution < 1.29 is 4.79 Å². The molecular weight excluding hydrogens is 270 g/mol. The van der Waals surface area contributed by atoms with Gasteiger partial charge in [0.25, 0.3) is 0 Å². The van der Waals surface area contributed by atoms with E-state index in [4.69, 9.17) is 0 Å². The summed E-state index contributed by atoms with van der Waals surface area (Å²) in [4.78, 5) is 13.7. The molecule has 0 N–H and O–H groups in total. The van der Waals surface area contributed by atoms with E-state index < -0.39 is 0 Å². The molecule has 0 spiro atoms.